The van der Waals surface area contributed by atoms with E-state index in [-0.39, 0.29) is 5.92 Å². The molecule has 0 fully saturated rings. The normalized spacial score (nSPS) is 12.7. The van der Waals surface area contributed by atoms with E-state index in [0.29, 0.717) is 5.75 Å². The third-order valence-corrected chi connectivity index (χ3v) is 6.56. The lowest BCUT2D eigenvalue weighted by Crippen LogP contribution is -2.26. The van der Waals surface area contributed by atoms with Crippen molar-refractivity contribution in [1.82, 2.24) is 0 Å². The number of halogens is 1. The highest BCUT2D eigenvalue weighted by atomic mass is 35.5. The summed E-state index contributed by atoms with van der Waals surface area (Å²) in [5.41, 5.74) is 2.14. The van der Waals surface area contributed by atoms with E-state index >= 15 is 0 Å². The maximum absolute atomic E-state index is 12.1. The first-order chi connectivity index (χ1) is 16.0. The number of ether oxygens (including phenoxy) is 2. The third-order valence-electron chi connectivity index (χ3n) is 5.95. The monoisotopic (exact) mass is 470 g/mol. The SMILES string of the molecule is C=CCCCCCCCCCOc1ccc(-c2ccc(OC(=O)[C@@H](Cl)[C@@H](C)CC)cc2)cc1. The van der Waals surface area contributed by atoms with E-state index in [9.17, 15) is 4.79 Å². The van der Waals surface area contributed by atoms with Crippen LogP contribution in [0.15, 0.2) is 61.2 Å². The number of alkyl halides is 1. The Morgan fingerprint density at radius 2 is 1.39 bits per heavy atom. The van der Waals surface area contributed by atoms with Crippen molar-refractivity contribution in [2.24, 2.45) is 5.92 Å². The molecular formula is C29H39ClO3. The van der Waals surface area contributed by atoms with Crippen LogP contribution in [0.25, 0.3) is 11.1 Å². The molecule has 0 heterocycles. The quantitative estimate of drug-likeness (QED) is 0.0809. The highest BCUT2D eigenvalue weighted by Gasteiger charge is 2.23. The highest BCUT2D eigenvalue weighted by Crippen LogP contribution is 2.26. The van der Waals surface area contributed by atoms with Gasteiger partial charge in [-0.2, -0.15) is 0 Å². The second kappa shape index (κ2) is 15.6. The van der Waals surface area contributed by atoms with Crippen LogP contribution < -0.4 is 9.47 Å². The number of allylic oxidation sites excluding steroid dienone is 1. The minimum atomic E-state index is -0.630. The summed E-state index contributed by atoms with van der Waals surface area (Å²) in [6, 6.07) is 15.6. The second-order valence-corrected chi connectivity index (χ2v) is 9.13. The molecule has 33 heavy (non-hydrogen) atoms. The zero-order valence-electron chi connectivity index (χ0n) is 20.2. The Hall–Kier alpha value is -2.26. The first kappa shape index (κ1) is 27.0. The molecule has 4 heteroatoms. The lowest BCUT2D eigenvalue weighted by molar-refractivity contribution is -0.134. The van der Waals surface area contributed by atoms with E-state index in [2.05, 4.69) is 18.7 Å². The molecule has 0 unspecified atom stereocenters. The van der Waals surface area contributed by atoms with Gasteiger partial charge < -0.3 is 9.47 Å². The van der Waals surface area contributed by atoms with Gasteiger partial charge >= 0.3 is 5.97 Å². The molecule has 0 saturated heterocycles. The first-order valence-corrected chi connectivity index (χ1v) is 12.8. The summed E-state index contributed by atoms with van der Waals surface area (Å²) in [5, 5.41) is -0.630. The van der Waals surface area contributed by atoms with E-state index < -0.39 is 11.3 Å². The van der Waals surface area contributed by atoms with E-state index in [1.54, 1.807) is 12.1 Å². The maximum atomic E-state index is 12.1. The number of hydrogen-bond donors (Lipinski definition) is 0. The molecule has 2 atom stereocenters. The third kappa shape index (κ3) is 10.0. The average molecular weight is 471 g/mol. The Kier molecular flexibility index (Phi) is 12.7. The van der Waals surface area contributed by atoms with Crippen LogP contribution >= 0.6 is 11.6 Å². The number of benzene rings is 2. The standard InChI is InChI=1S/C29H39ClO3/c1-4-6-7-8-9-10-11-12-13-22-32-26-18-14-24(15-19-26)25-16-20-27(21-17-25)33-29(31)28(30)23(3)5-2/h4,14-21,23,28H,1,5-13,22H2,2-3H3/t23-,28-/m0/s1. The molecule has 2 aromatic rings. The van der Waals surface area contributed by atoms with Gasteiger partial charge in [0.15, 0.2) is 0 Å². The molecule has 0 spiro atoms. The van der Waals surface area contributed by atoms with Gasteiger partial charge in [0.05, 0.1) is 6.61 Å². The van der Waals surface area contributed by atoms with Crippen molar-refractivity contribution in [2.75, 3.05) is 6.61 Å². The molecule has 0 aliphatic rings. The fourth-order valence-corrected chi connectivity index (χ4v) is 3.76. The van der Waals surface area contributed by atoms with E-state index in [4.69, 9.17) is 21.1 Å². The Morgan fingerprint density at radius 1 is 0.879 bits per heavy atom. The minimum Gasteiger partial charge on any atom is -0.494 e. The molecule has 2 rings (SSSR count). The molecule has 0 amide bonds. The zero-order chi connectivity index (χ0) is 23.9. The fraction of sp³-hybridized carbons (Fsp3) is 0.483. The zero-order valence-corrected chi connectivity index (χ0v) is 21.0. The van der Waals surface area contributed by atoms with Crippen molar-refractivity contribution in [2.45, 2.75) is 77.0 Å². The van der Waals surface area contributed by atoms with Gasteiger partial charge in [-0.15, -0.1) is 18.2 Å². The molecular weight excluding hydrogens is 432 g/mol. The number of esters is 1. The smallest absolute Gasteiger partial charge is 0.329 e. The topological polar surface area (TPSA) is 35.5 Å². The van der Waals surface area contributed by atoms with Gasteiger partial charge in [0.1, 0.15) is 16.9 Å². The summed E-state index contributed by atoms with van der Waals surface area (Å²) < 4.78 is 11.3. The van der Waals surface area contributed by atoms with Gasteiger partial charge in [-0.1, -0.05) is 82.7 Å². The first-order valence-electron chi connectivity index (χ1n) is 12.3. The summed E-state index contributed by atoms with van der Waals surface area (Å²) in [6.45, 7) is 8.48. The predicted octanol–water partition coefficient (Wildman–Crippen LogP) is 8.60. The second-order valence-electron chi connectivity index (χ2n) is 8.66. The molecule has 0 aromatic heterocycles. The van der Waals surface area contributed by atoms with Gasteiger partial charge in [0, 0.05) is 0 Å². The number of rotatable bonds is 16. The van der Waals surface area contributed by atoms with Crippen molar-refractivity contribution in [3.8, 4) is 22.6 Å². The summed E-state index contributed by atoms with van der Waals surface area (Å²) in [6.07, 6.45) is 12.8. The molecule has 0 N–H and O–H groups in total. The van der Waals surface area contributed by atoms with E-state index in [1.807, 2.05) is 44.2 Å². The molecule has 0 aliphatic heterocycles. The van der Waals surface area contributed by atoms with Crippen LogP contribution in [-0.4, -0.2) is 18.0 Å². The average Bonchev–Trinajstić information content (AvgIpc) is 2.85. The minimum absolute atomic E-state index is 0.0802. The van der Waals surface area contributed by atoms with Crippen LogP contribution in [0.5, 0.6) is 11.5 Å². The number of unbranched alkanes of at least 4 members (excludes halogenated alkanes) is 7. The van der Waals surface area contributed by atoms with Crippen molar-refractivity contribution in [3.05, 3.63) is 61.2 Å². The lowest BCUT2D eigenvalue weighted by atomic mass is 10.0. The van der Waals surface area contributed by atoms with Crippen LogP contribution in [0.1, 0.15) is 71.6 Å². The molecule has 2 aromatic carbocycles. The molecule has 0 radical (unpaired) electrons. The van der Waals surface area contributed by atoms with Crippen LogP contribution in [-0.2, 0) is 4.79 Å². The van der Waals surface area contributed by atoms with Crippen LogP contribution in [0.3, 0.4) is 0 Å². The Bertz CT molecular complexity index is 814. The van der Waals surface area contributed by atoms with Gasteiger partial charge in [-0.05, 0) is 60.6 Å². The van der Waals surface area contributed by atoms with Crippen molar-refractivity contribution < 1.29 is 14.3 Å². The Labute approximate surface area is 205 Å². The Balaban J connectivity index is 1.70. The molecule has 180 valence electrons. The number of carbonyl (C=O) groups is 1. The van der Waals surface area contributed by atoms with Crippen LogP contribution in [0.4, 0.5) is 0 Å². The molecule has 0 bridgehead atoms. The van der Waals surface area contributed by atoms with Crippen molar-refractivity contribution in [1.29, 1.82) is 0 Å². The summed E-state index contributed by atoms with van der Waals surface area (Å²) in [5.74, 6) is 1.08. The fourth-order valence-electron chi connectivity index (χ4n) is 3.54. The van der Waals surface area contributed by atoms with E-state index in [1.165, 1.54) is 38.5 Å². The van der Waals surface area contributed by atoms with Crippen molar-refractivity contribution in [3.63, 3.8) is 0 Å². The van der Waals surface area contributed by atoms with Gasteiger partial charge in [0.25, 0.3) is 0 Å². The Morgan fingerprint density at radius 3 is 1.94 bits per heavy atom. The van der Waals surface area contributed by atoms with Crippen LogP contribution in [0.2, 0.25) is 0 Å². The largest absolute Gasteiger partial charge is 0.494 e. The van der Waals surface area contributed by atoms with Gasteiger partial charge in [0.2, 0.25) is 0 Å². The lowest BCUT2D eigenvalue weighted by Gasteiger charge is -2.15. The molecule has 0 aliphatic carbocycles. The summed E-state index contributed by atoms with van der Waals surface area (Å²) in [7, 11) is 0. The van der Waals surface area contributed by atoms with Gasteiger partial charge in [-0.25, -0.2) is 0 Å². The number of carbonyl (C=O) groups excluding carboxylic acids is 1. The summed E-state index contributed by atoms with van der Waals surface area (Å²) >= 11 is 6.17. The summed E-state index contributed by atoms with van der Waals surface area (Å²) in [4.78, 5) is 12.1. The number of hydrogen-bond acceptors (Lipinski definition) is 3. The highest BCUT2D eigenvalue weighted by molar-refractivity contribution is 6.30. The predicted molar refractivity (Wildman–Crippen MR) is 139 cm³/mol. The van der Waals surface area contributed by atoms with Crippen molar-refractivity contribution >= 4 is 17.6 Å². The van der Waals surface area contributed by atoms with Gasteiger partial charge in [-0.3, -0.25) is 4.79 Å². The van der Waals surface area contributed by atoms with E-state index in [0.717, 1.165) is 42.7 Å². The molecule has 3 nitrogen and oxygen atoms in total. The van der Waals surface area contributed by atoms with Crippen LogP contribution in [0, 0.1) is 5.92 Å². The molecule has 0 saturated carbocycles. The maximum Gasteiger partial charge on any atom is 0.329 e.